The van der Waals surface area contributed by atoms with E-state index in [0.717, 1.165) is 36.5 Å². The number of nitriles is 1. The lowest BCUT2D eigenvalue weighted by molar-refractivity contribution is 0.102. The molecule has 3 heterocycles. The van der Waals surface area contributed by atoms with Crippen molar-refractivity contribution in [2.45, 2.75) is 33.0 Å². The Balaban J connectivity index is 0.00000240. The zero-order chi connectivity index (χ0) is 19.5. The summed E-state index contributed by atoms with van der Waals surface area (Å²) in [7, 11) is 0. The van der Waals surface area contributed by atoms with Crippen LogP contribution < -0.4 is 5.32 Å². The number of hydrogen-bond donors (Lipinski definition) is 1. The number of fused-ring (bicyclic) bond motifs is 1. The molecule has 0 radical (unpaired) electrons. The van der Waals surface area contributed by atoms with Crippen LogP contribution in [0.1, 0.15) is 39.0 Å². The SMILES string of the molecule is CCn1ccc(C(=O)Nc2sc3c(c2C#N)CCN(Cc2ccccc2)C3)n1.Cl. The van der Waals surface area contributed by atoms with Crippen molar-refractivity contribution in [2.24, 2.45) is 0 Å². The van der Waals surface area contributed by atoms with Gasteiger partial charge in [-0.25, -0.2) is 0 Å². The number of anilines is 1. The van der Waals surface area contributed by atoms with E-state index >= 15 is 0 Å². The summed E-state index contributed by atoms with van der Waals surface area (Å²) < 4.78 is 1.71. The first-order chi connectivity index (χ1) is 13.7. The molecule has 0 aliphatic carbocycles. The topological polar surface area (TPSA) is 74.0 Å². The van der Waals surface area contributed by atoms with Gasteiger partial charge in [-0.3, -0.25) is 14.4 Å². The number of nitrogens with zero attached hydrogens (tertiary/aromatic N) is 4. The van der Waals surface area contributed by atoms with Crippen molar-refractivity contribution in [3.05, 3.63) is 69.9 Å². The predicted molar refractivity (Wildman–Crippen MR) is 116 cm³/mol. The number of carbonyl (C=O) groups excluding carboxylic acids is 1. The van der Waals surface area contributed by atoms with E-state index in [1.54, 1.807) is 16.9 Å². The lowest BCUT2D eigenvalue weighted by atomic mass is 10.0. The zero-order valence-corrected chi connectivity index (χ0v) is 17.7. The van der Waals surface area contributed by atoms with E-state index in [1.165, 1.54) is 16.9 Å². The minimum Gasteiger partial charge on any atom is -0.311 e. The Bertz CT molecular complexity index is 1040. The van der Waals surface area contributed by atoms with E-state index in [4.69, 9.17) is 0 Å². The molecule has 6 nitrogen and oxygen atoms in total. The summed E-state index contributed by atoms with van der Waals surface area (Å²) in [5, 5.41) is 17.4. The maximum absolute atomic E-state index is 12.5. The highest BCUT2D eigenvalue weighted by Crippen LogP contribution is 2.37. The number of rotatable bonds is 5. The molecule has 0 saturated carbocycles. The molecule has 150 valence electrons. The van der Waals surface area contributed by atoms with Gasteiger partial charge in [0.05, 0.1) is 5.56 Å². The molecule has 1 amide bonds. The molecule has 0 spiro atoms. The van der Waals surface area contributed by atoms with E-state index in [-0.39, 0.29) is 18.3 Å². The van der Waals surface area contributed by atoms with Gasteiger partial charge in [-0.05, 0) is 30.5 Å². The Kier molecular flexibility index (Phi) is 6.70. The number of nitrogens with one attached hydrogen (secondary N) is 1. The fourth-order valence-electron chi connectivity index (χ4n) is 3.47. The largest absolute Gasteiger partial charge is 0.311 e. The average Bonchev–Trinajstić information content (AvgIpc) is 3.32. The molecule has 2 aromatic heterocycles. The van der Waals surface area contributed by atoms with Gasteiger partial charge in [0, 0.05) is 37.3 Å². The summed E-state index contributed by atoms with van der Waals surface area (Å²) in [5.74, 6) is -0.275. The van der Waals surface area contributed by atoms with Crippen LogP contribution in [-0.2, 0) is 26.1 Å². The second kappa shape index (κ2) is 9.23. The Morgan fingerprint density at radius 2 is 2.10 bits per heavy atom. The highest BCUT2D eigenvalue weighted by molar-refractivity contribution is 7.16. The lowest BCUT2D eigenvalue weighted by Crippen LogP contribution is -2.29. The van der Waals surface area contributed by atoms with E-state index < -0.39 is 0 Å². The standard InChI is InChI=1S/C21H21N5OS.ClH/c1-2-26-11-9-18(24-26)20(27)23-21-17(12-22)16-8-10-25(14-19(16)28-21)13-15-6-4-3-5-7-15;/h3-7,9,11H,2,8,10,13-14H2,1H3,(H,23,27);1H. The third kappa shape index (κ3) is 4.51. The summed E-state index contributed by atoms with van der Waals surface area (Å²) in [6, 6.07) is 14.4. The maximum atomic E-state index is 12.5. The van der Waals surface area contributed by atoms with Crippen LogP contribution in [-0.4, -0.2) is 27.1 Å². The number of aryl methyl sites for hydroxylation is 1. The minimum atomic E-state index is -0.275. The van der Waals surface area contributed by atoms with Gasteiger partial charge in [-0.15, -0.1) is 23.7 Å². The molecule has 1 N–H and O–H groups in total. The normalized spacial score (nSPS) is 13.2. The van der Waals surface area contributed by atoms with Crippen LogP contribution in [0.3, 0.4) is 0 Å². The molecule has 1 aromatic carbocycles. The number of benzene rings is 1. The average molecular weight is 428 g/mol. The second-order valence-corrected chi connectivity index (χ2v) is 7.88. The molecule has 1 aliphatic heterocycles. The summed E-state index contributed by atoms with van der Waals surface area (Å²) >= 11 is 1.51. The van der Waals surface area contributed by atoms with Crippen LogP contribution in [0.15, 0.2) is 42.6 Å². The van der Waals surface area contributed by atoms with E-state index in [2.05, 4.69) is 45.7 Å². The van der Waals surface area contributed by atoms with Gasteiger partial charge in [-0.1, -0.05) is 30.3 Å². The molecule has 3 aromatic rings. The van der Waals surface area contributed by atoms with Crippen LogP contribution >= 0.6 is 23.7 Å². The molecule has 29 heavy (non-hydrogen) atoms. The second-order valence-electron chi connectivity index (χ2n) is 6.78. The first-order valence-corrected chi connectivity index (χ1v) is 10.1. The Morgan fingerprint density at radius 3 is 2.79 bits per heavy atom. The van der Waals surface area contributed by atoms with Crippen molar-refractivity contribution in [3.63, 3.8) is 0 Å². The maximum Gasteiger partial charge on any atom is 0.276 e. The van der Waals surface area contributed by atoms with E-state index in [0.29, 0.717) is 22.8 Å². The van der Waals surface area contributed by atoms with Gasteiger partial charge in [0.25, 0.3) is 5.91 Å². The van der Waals surface area contributed by atoms with Gasteiger partial charge in [0.2, 0.25) is 0 Å². The molecule has 0 atom stereocenters. The molecule has 1 aliphatic rings. The Hall–Kier alpha value is -2.66. The van der Waals surface area contributed by atoms with Crippen LogP contribution in [0.5, 0.6) is 0 Å². The quantitative estimate of drug-likeness (QED) is 0.666. The van der Waals surface area contributed by atoms with Crippen molar-refractivity contribution >= 4 is 34.7 Å². The lowest BCUT2D eigenvalue weighted by Gasteiger charge is -2.26. The molecular weight excluding hydrogens is 406 g/mol. The fourth-order valence-corrected chi connectivity index (χ4v) is 4.70. The minimum absolute atomic E-state index is 0. The molecule has 4 rings (SSSR count). The predicted octanol–water partition coefficient (Wildman–Crippen LogP) is 4.07. The fraction of sp³-hybridized carbons (Fsp3) is 0.286. The number of hydrogen-bond acceptors (Lipinski definition) is 5. The summed E-state index contributed by atoms with van der Waals surface area (Å²) in [6.45, 7) is 5.26. The van der Waals surface area contributed by atoms with E-state index in [9.17, 15) is 10.1 Å². The molecule has 0 fully saturated rings. The van der Waals surface area contributed by atoms with Crippen molar-refractivity contribution in [2.75, 3.05) is 11.9 Å². The van der Waals surface area contributed by atoms with Crippen molar-refractivity contribution in [3.8, 4) is 6.07 Å². The number of thiophene rings is 1. The van der Waals surface area contributed by atoms with Crippen LogP contribution in [0.25, 0.3) is 0 Å². The number of amides is 1. The molecule has 8 heteroatoms. The Morgan fingerprint density at radius 1 is 1.31 bits per heavy atom. The summed E-state index contributed by atoms with van der Waals surface area (Å²) in [4.78, 5) is 16.1. The molecule has 0 bridgehead atoms. The van der Waals surface area contributed by atoms with E-state index in [1.807, 2.05) is 13.0 Å². The van der Waals surface area contributed by atoms with Crippen LogP contribution in [0, 0.1) is 11.3 Å². The molecule has 0 saturated heterocycles. The van der Waals surface area contributed by atoms with Gasteiger partial charge in [0.1, 0.15) is 11.1 Å². The van der Waals surface area contributed by atoms with Gasteiger partial charge in [-0.2, -0.15) is 10.4 Å². The van der Waals surface area contributed by atoms with Gasteiger partial charge < -0.3 is 5.32 Å². The first-order valence-electron chi connectivity index (χ1n) is 9.33. The highest BCUT2D eigenvalue weighted by Gasteiger charge is 2.25. The summed E-state index contributed by atoms with van der Waals surface area (Å²) in [5.41, 5.74) is 3.32. The molecule has 0 unspecified atom stereocenters. The van der Waals surface area contributed by atoms with Gasteiger partial charge in [0.15, 0.2) is 5.69 Å². The zero-order valence-electron chi connectivity index (χ0n) is 16.1. The number of halogens is 1. The van der Waals surface area contributed by atoms with Gasteiger partial charge >= 0.3 is 0 Å². The highest BCUT2D eigenvalue weighted by atomic mass is 35.5. The smallest absolute Gasteiger partial charge is 0.276 e. The molecular formula is C21H22ClN5OS. The van der Waals surface area contributed by atoms with Crippen LogP contribution in [0.2, 0.25) is 0 Å². The first kappa shape index (κ1) is 21.1. The number of aromatic nitrogens is 2. The van der Waals surface area contributed by atoms with Crippen molar-refractivity contribution < 1.29 is 4.79 Å². The van der Waals surface area contributed by atoms with Crippen molar-refractivity contribution in [1.82, 2.24) is 14.7 Å². The van der Waals surface area contributed by atoms with Crippen LogP contribution in [0.4, 0.5) is 5.00 Å². The Labute approximate surface area is 180 Å². The summed E-state index contributed by atoms with van der Waals surface area (Å²) in [6.07, 6.45) is 2.60. The van der Waals surface area contributed by atoms with Crippen molar-refractivity contribution in [1.29, 1.82) is 5.26 Å². The monoisotopic (exact) mass is 427 g/mol. The third-order valence-electron chi connectivity index (χ3n) is 4.92. The third-order valence-corrected chi connectivity index (χ3v) is 6.05. The number of carbonyl (C=O) groups is 1.